The third-order valence-electron chi connectivity index (χ3n) is 2.85. The van der Waals surface area contributed by atoms with Crippen molar-refractivity contribution in [1.29, 1.82) is 0 Å². The van der Waals surface area contributed by atoms with E-state index in [0.29, 0.717) is 17.2 Å². The Morgan fingerprint density at radius 1 is 1.05 bits per heavy atom. The van der Waals surface area contributed by atoms with Crippen LogP contribution in [0, 0.1) is 0 Å². The molecule has 0 radical (unpaired) electrons. The summed E-state index contributed by atoms with van der Waals surface area (Å²) in [7, 11) is 4.79. The molecule has 0 atom stereocenters. The van der Waals surface area contributed by atoms with E-state index in [0.717, 1.165) is 23.3 Å². The molecule has 0 aliphatic carbocycles. The number of rotatable bonds is 5. The van der Waals surface area contributed by atoms with Gasteiger partial charge in [0.25, 0.3) is 0 Å². The van der Waals surface area contributed by atoms with E-state index in [1.807, 2.05) is 25.1 Å². The molecule has 0 saturated carbocycles. The van der Waals surface area contributed by atoms with Gasteiger partial charge >= 0.3 is 0 Å². The quantitative estimate of drug-likeness (QED) is 0.897. The first kappa shape index (κ1) is 13.3. The first-order valence-electron chi connectivity index (χ1n) is 6.08. The number of nitrogens with one attached hydrogen (secondary N) is 1. The van der Waals surface area contributed by atoms with Gasteiger partial charge in [-0.25, -0.2) is 4.98 Å². The number of pyridine rings is 1. The van der Waals surface area contributed by atoms with E-state index < -0.39 is 0 Å². The molecule has 1 N–H and O–H groups in total. The van der Waals surface area contributed by atoms with Crippen molar-refractivity contribution in [2.24, 2.45) is 0 Å². The fourth-order valence-corrected chi connectivity index (χ4v) is 2.03. The van der Waals surface area contributed by atoms with Gasteiger partial charge in [0.15, 0.2) is 11.5 Å². The van der Waals surface area contributed by atoms with E-state index in [4.69, 9.17) is 14.2 Å². The van der Waals surface area contributed by atoms with E-state index >= 15 is 0 Å². The summed E-state index contributed by atoms with van der Waals surface area (Å²) in [6.07, 6.45) is 0. The lowest BCUT2D eigenvalue weighted by Crippen LogP contribution is -2.00. The van der Waals surface area contributed by atoms with Crippen LogP contribution in [0.15, 0.2) is 18.2 Å². The highest BCUT2D eigenvalue weighted by atomic mass is 16.5. The normalized spacial score (nSPS) is 10.3. The van der Waals surface area contributed by atoms with E-state index in [-0.39, 0.29) is 0 Å². The van der Waals surface area contributed by atoms with Gasteiger partial charge in [0.05, 0.1) is 26.8 Å². The summed E-state index contributed by atoms with van der Waals surface area (Å²) >= 11 is 0. The molecule has 5 nitrogen and oxygen atoms in total. The van der Waals surface area contributed by atoms with Crippen LogP contribution >= 0.6 is 0 Å². The van der Waals surface area contributed by atoms with Crippen molar-refractivity contribution < 1.29 is 14.2 Å². The van der Waals surface area contributed by atoms with Crippen molar-refractivity contribution >= 4 is 16.7 Å². The highest BCUT2D eigenvalue weighted by Crippen LogP contribution is 2.42. The Morgan fingerprint density at radius 3 is 2.37 bits per heavy atom. The van der Waals surface area contributed by atoms with Gasteiger partial charge in [0.1, 0.15) is 5.82 Å². The minimum Gasteiger partial charge on any atom is -0.493 e. The Labute approximate surface area is 112 Å². The zero-order valence-electron chi connectivity index (χ0n) is 11.6. The van der Waals surface area contributed by atoms with Gasteiger partial charge in [-0.3, -0.25) is 0 Å². The Morgan fingerprint density at radius 2 is 1.79 bits per heavy atom. The van der Waals surface area contributed by atoms with Crippen molar-refractivity contribution in [3.63, 3.8) is 0 Å². The highest BCUT2D eigenvalue weighted by Gasteiger charge is 2.16. The fraction of sp³-hybridized carbons (Fsp3) is 0.357. The zero-order valence-corrected chi connectivity index (χ0v) is 11.6. The third kappa shape index (κ3) is 2.36. The van der Waals surface area contributed by atoms with Crippen LogP contribution in [0.1, 0.15) is 6.92 Å². The Hall–Kier alpha value is -2.17. The summed E-state index contributed by atoms with van der Waals surface area (Å²) < 4.78 is 16.1. The van der Waals surface area contributed by atoms with Crippen LogP contribution in [0.5, 0.6) is 17.2 Å². The zero-order chi connectivity index (χ0) is 13.8. The van der Waals surface area contributed by atoms with Crippen LogP contribution in [0.4, 0.5) is 5.82 Å². The average molecular weight is 262 g/mol. The van der Waals surface area contributed by atoms with Crippen LogP contribution < -0.4 is 19.5 Å². The molecule has 0 aliphatic rings. The van der Waals surface area contributed by atoms with Crippen molar-refractivity contribution in [3.05, 3.63) is 18.2 Å². The number of methoxy groups -OCH3 is 3. The van der Waals surface area contributed by atoms with E-state index in [2.05, 4.69) is 10.3 Å². The number of anilines is 1. The molecular formula is C14H18N2O3. The molecule has 2 rings (SSSR count). The first-order chi connectivity index (χ1) is 9.24. The van der Waals surface area contributed by atoms with Crippen molar-refractivity contribution in [1.82, 2.24) is 4.98 Å². The molecular weight excluding hydrogens is 244 g/mol. The number of hydrogen-bond donors (Lipinski definition) is 1. The summed E-state index contributed by atoms with van der Waals surface area (Å²) in [5, 5.41) is 4.07. The Bertz CT molecular complexity index is 584. The summed E-state index contributed by atoms with van der Waals surface area (Å²) in [5.74, 6) is 2.64. The largest absolute Gasteiger partial charge is 0.493 e. The maximum absolute atomic E-state index is 5.43. The number of ether oxygens (including phenoxy) is 3. The lowest BCUT2D eigenvalue weighted by Gasteiger charge is -2.14. The van der Waals surface area contributed by atoms with Crippen LogP contribution in [-0.4, -0.2) is 32.9 Å². The molecule has 1 aromatic heterocycles. The minimum atomic E-state index is 0.579. The van der Waals surface area contributed by atoms with Crippen LogP contribution in [0.2, 0.25) is 0 Å². The maximum atomic E-state index is 5.43. The number of aromatic nitrogens is 1. The summed E-state index contributed by atoms with van der Waals surface area (Å²) in [6.45, 7) is 2.85. The van der Waals surface area contributed by atoms with Gasteiger partial charge in [-0.1, -0.05) is 0 Å². The predicted octanol–water partition coefficient (Wildman–Crippen LogP) is 2.69. The average Bonchev–Trinajstić information content (AvgIpc) is 2.45. The molecule has 0 amide bonds. The number of benzene rings is 1. The standard InChI is InChI=1S/C14H18N2O3/c1-5-15-12-7-6-9-10(16-12)8-11(17-2)14(19-4)13(9)18-3/h6-8H,5H2,1-4H3,(H,15,16). The fourth-order valence-electron chi connectivity index (χ4n) is 2.03. The van der Waals surface area contributed by atoms with Crippen molar-refractivity contribution in [3.8, 4) is 17.2 Å². The molecule has 19 heavy (non-hydrogen) atoms. The lowest BCUT2D eigenvalue weighted by atomic mass is 10.1. The van der Waals surface area contributed by atoms with Crippen LogP contribution in [0.3, 0.4) is 0 Å². The van der Waals surface area contributed by atoms with Crippen molar-refractivity contribution in [2.75, 3.05) is 33.2 Å². The predicted molar refractivity (Wildman–Crippen MR) is 75.6 cm³/mol. The second kappa shape index (κ2) is 5.65. The highest BCUT2D eigenvalue weighted by molar-refractivity contribution is 5.91. The van der Waals surface area contributed by atoms with Gasteiger partial charge in [0, 0.05) is 18.0 Å². The van der Waals surface area contributed by atoms with Gasteiger partial charge in [-0.15, -0.1) is 0 Å². The number of nitrogens with zero attached hydrogens (tertiary/aromatic N) is 1. The monoisotopic (exact) mass is 262 g/mol. The molecule has 102 valence electrons. The van der Waals surface area contributed by atoms with Crippen molar-refractivity contribution in [2.45, 2.75) is 6.92 Å². The smallest absolute Gasteiger partial charge is 0.204 e. The third-order valence-corrected chi connectivity index (χ3v) is 2.85. The van der Waals surface area contributed by atoms with E-state index in [1.165, 1.54) is 0 Å². The Balaban J connectivity index is 2.69. The number of hydrogen-bond acceptors (Lipinski definition) is 5. The number of fused-ring (bicyclic) bond motifs is 1. The molecule has 2 aromatic rings. The summed E-state index contributed by atoms with van der Waals surface area (Å²) in [5.41, 5.74) is 0.799. The second-order valence-corrected chi connectivity index (χ2v) is 3.94. The van der Waals surface area contributed by atoms with Crippen LogP contribution in [-0.2, 0) is 0 Å². The molecule has 0 bridgehead atoms. The molecule has 0 fully saturated rings. The van der Waals surface area contributed by atoms with Crippen LogP contribution in [0.25, 0.3) is 10.9 Å². The van der Waals surface area contributed by atoms with E-state index in [1.54, 1.807) is 21.3 Å². The summed E-state index contributed by atoms with van der Waals surface area (Å²) in [4.78, 5) is 4.53. The van der Waals surface area contributed by atoms with Gasteiger partial charge < -0.3 is 19.5 Å². The van der Waals surface area contributed by atoms with Gasteiger partial charge in [-0.2, -0.15) is 0 Å². The topological polar surface area (TPSA) is 52.6 Å². The summed E-state index contributed by atoms with van der Waals surface area (Å²) in [6, 6.07) is 5.72. The molecule has 1 aromatic carbocycles. The van der Waals surface area contributed by atoms with Gasteiger partial charge in [-0.05, 0) is 19.1 Å². The first-order valence-corrected chi connectivity index (χ1v) is 6.08. The second-order valence-electron chi connectivity index (χ2n) is 3.94. The van der Waals surface area contributed by atoms with E-state index in [9.17, 15) is 0 Å². The Kier molecular flexibility index (Phi) is 3.94. The SMILES string of the molecule is CCNc1ccc2c(OC)c(OC)c(OC)cc2n1. The van der Waals surface area contributed by atoms with Gasteiger partial charge in [0.2, 0.25) is 5.75 Å². The molecule has 0 aliphatic heterocycles. The molecule has 0 spiro atoms. The lowest BCUT2D eigenvalue weighted by molar-refractivity contribution is 0.327. The minimum absolute atomic E-state index is 0.579. The molecule has 1 heterocycles. The maximum Gasteiger partial charge on any atom is 0.204 e. The molecule has 0 unspecified atom stereocenters. The molecule has 5 heteroatoms. The molecule has 0 saturated heterocycles.